The molecule has 2 aliphatic heterocycles. The summed E-state index contributed by atoms with van der Waals surface area (Å²) >= 11 is 0. The number of likely N-dealkylation sites (tertiary alicyclic amines) is 2. The lowest BCUT2D eigenvalue weighted by molar-refractivity contribution is -0.147. The maximum atomic E-state index is 14.0. The Morgan fingerprint density at radius 1 is 0.780 bits per heavy atom. The molecule has 6 amide bonds. The van der Waals surface area contributed by atoms with E-state index >= 15 is 0 Å². The largest absolute Gasteiger partial charge is 0.391 e. The van der Waals surface area contributed by atoms with Gasteiger partial charge in [0.05, 0.1) is 6.10 Å². The Morgan fingerprint density at radius 2 is 1.40 bits per heavy atom. The first-order valence-corrected chi connectivity index (χ1v) is 19.1. The van der Waals surface area contributed by atoms with Crippen molar-refractivity contribution in [3.05, 3.63) is 0 Å². The van der Waals surface area contributed by atoms with E-state index in [0.717, 1.165) is 32.1 Å². The molecule has 6 atom stereocenters. The fourth-order valence-corrected chi connectivity index (χ4v) is 7.43. The van der Waals surface area contributed by atoms with Gasteiger partial charge < -0.3 is 41.9 Å². The Labute approximate surface area is 297 Å². The van der Waals surface area contributed by atoms with Crippen LogP contribution in [0.1, 0.15) is 124 Å². The summed E-state index contributed by atoms with van der Waals surface area (Å²) < 4.78 is 0. The van der Waals surface area contributed by atoms with Crippen LogP contribution < -0.4 is 27.0 Å². The predicted octanol–water partition coefficient (Wildman–Crippen LogP) is 1.23. The van der Waals surface area contributed by atoms with Gasteiger partial charge in [-0.05, 0) is 90.5 Å². The summed E-state index contributed by atoms with van der Waals surface area (Å²) in [6.45, 7) is 6.42. The third-order valence-electron chi connectivity index (χ3n) is 10.4. The highest BCUT2D eigenvalue weighted by Crippen LogP contribution is 2.27. The zero-order valence-corrected chi connectivity index (χ0v) is 30.6. The van der Waals surface area contributed by atoms with Crippen molar-refractivity contribution in [2.24, 2.45) is 11.7 Å². The summed E-state index contributed by atoms with van der Waals surface area (Å²) in [6, 6.07) is -4.56. The summed E-state index contributed by atoms with van der Waals surface area (Å²) in [5.74, 6) is -1.84. The molecule has 3 rings (SSSR count). The maximum absolute atomic E-state index is 14.0. The van der Waals surface area contributed by atoms with Gasteiger partial charge in [-0.3, -0.25) is 28.8 Å². The van der Waals surface area contributed by atoms with Crippen LogP contribution in [-0.4, -0.2) is 113 Å². The smallest absolute Gasteiger partial charge is 0.245 e. The molecule has 14 heteroatoms. The minimum atomic E-state index is -1.17. The normalized spacial score (nSPS) is 22.2. The van der Waals surface area contributed by atoms with Crippen molar-refractivity contribution in [2.45, 2.75) is 160 Å². The van der Waals surface area contributed by atoms with E-state index in [-0.39, 0.29) is 11.8 Å². The first-order chi connectivity index (χ1) is 24.0. The van der Waals surface area contributed by atoms with E-state index in [1.807, 2.05) is 6.92 Å². The van der Waals surface area contributed by atoms with E-state index in [1.54, 1.807) is 11.8 Å². The summed E-state index contributed by atoms with van der Waals surface area (Å²) in [7, 11) is 0. The van der Waals surface area contributed by atoms with E-state index in [1.165, 1.54) is 31.1 Å². The molecule has 0 bridgehead atoms. The van der Waals surface area contributed by atoms with Crippen LogP contribution in [-0.2, 0) is 28.8 Å². The number of amides is 6. The first-order valence-electron chi connectivity index (χ1n) is 19.1. The van der Waals surface area contributed by atoms with Crippen molar-refractivity contribution >= 4 is 35.4 Å². The fourth-order valence-electron chi connectivity index (χ4n) is 7.43. The molecule has 0 aromatic rings. The van der Waals surface area contributed by atoms with Crippen LogP contribution in [0.5, 0.6) is 0 Å². The molecule has 1 aliphatic carbocycles. The Kier molecular flexibility index (Phi) is 17.4. The highest BCUT2D eigenvalue weighted by molar-refractivity contribution is 5.96. The Hall–Kier alpha value is -3.26. The van der Waals surface area contributed by atoms with Crippen LogP contribution in [0.2, 0.25) is 0 Å². The van der Waals surface area contributed by atoms with Crippen molar-refractivity contribution in [3.63, 3.8) is 0 Å². The average Bonchev–Trinajstić information content (AvgIpc) is 3.61. The second-order valence-corrected chi connectivity index (χ2v) is 14.4. The van der Waals surface area contributed by atoms with Crippen LogP contribution >= 0.6 is 0 Å². The number of nitrogens with one attached hydrogen (secondary N) is 4. The third-order valence-corrected chi connectivity index (χ3v) is 10.4. The molecule has 3 fully saturated rings. The van der Waals surface area contributed by atoms with Gasteiger partial charge >= 0.3 is 0 Å². The van der Waals surface area contributed by atoms with Crippen LogP contribution in [0.25, 0.3) is 0 Å². The molecule has 50 heavy (non-hydrogen) atoms. The lowest BCUT2D eigenvalue weighted by Crippen LogP contribution is -2.60. The predicted molar refractivity (Wildman–Crippen MR) is 189 cm³/mol. The standard InChI is InChI=1S/C36H63N7O7/c1-4-21-38-34(48)31(25(3)44)41-33(47)29-17-12-23-42(29)35(49)24(2)39-32(46)28-16-9-11-22-43(28)36(50)27(15-8-10-20-37)40-30(45)19-18-26-13-6-5-7-14-26/h24-29,31,44H,4-23,37H2,1-3H3,(H,38,48)(H,39,46)(H,40,45)(H,41,47)/t24-,25+,27-,28-,29-,31-/m0/s1. The highest BCUT2D eigenvalue weighted by atomic mass is 16.3. The van der Waals surface area contributed by atoms with Gasteiger partial charge in [-0.2, -0.15) is 0 Å². The zero-order chi connectivity index (χ0) is 36.6. The number of unbranched alkanes of at least 4 members (excludes halogenated alkanes) is 1. The van der Waals surface area contributed by atoms with Gasteiger partial charge in [-0.15, -0.1) is 0 Å². The van der Waals surface area contributed by atoms with Gasteiger partial charge in [0, 0.05) is 26.1 Å². The van der Waals surface area contributed by atoms with Crippen LogP contribution in [0.4, 0.5) is 0 Å². The number of nitrogens with two attached hydrogens (primary N) is 1. The number of carbonyl (C=O) groups is 6. The van der Waals surface area contributed by atoms with Gasteiger partial charge in [0.2, 0.25) is 35.4 Å². The van der Waals surface area contributed by atoms with Gasteiger partial charge in [-0.1, -0.05) is 39.0 Å². The second kappa shape index (κ2) is 21.2. The number of nitrogens with zero attached hydrogens (tertiary/aromatic N) is 2. The number of carbonyl (C=O) groups excluding carboxylic acids is 6. The monoisotopic (exact) mass is 705 g/mol. The number of rotatable bonds is 18. The number of hydrogen-bond donors (Lipinski definition) is 6. The molecule has 0 aromatic heterocycles. The Morgan fingerprint density at radius 3 is 2.06 bits per heavy atom. The molecule has 0 unspecified atom stereocenters. The van der Waals surface area contributed by atoms with E-state index in [2.05, 4.69) is 21.3 Å². The molecule has 0 aromatic carbocycles. The highest BCUT2D eigenvalue weighted by Gasteiger charge is 2.40. The molecule has 284 valence electrons. The molecule has 2 heterocycles. The number of piperidine rings is 1. The topological polar surface area (TPSA) is 203 Å². The molecule has 14 nitrogen and oxygen atoms in total. The van der Waals surface area contributed by atoms with Crippen molar-refractivity contribution in [2.75, 3.05) is 26.2 Å². The Bertz CT molecular complexity index is 1150. The van der Waals surface area contributed by atoms with Gasteiger partial charge in [0.25, 0.3) is 0 Å². The molecule has 1 saturated carbocycles. The van der Waals surface area contributed by atoms with E-state index in [9.17, 15) is 33.9 Å². The fraction of sp³-hybridized carbons (Fsp3) is 0.833. The van der Waals surface area contributed by atoms with E-state index in [4.69, 9.17) is 5.73 Å². The zero-order valence-electron chi connectivity index (χ0n) is 30.6. The van der Waals surface area contributed by atoms with Gasteiger partial charge in [0.1, 0.15) is 30.2 Å². The summed E-state index contributed by atoms with van der Waals surface area (Å²) in [5.41, 5.74) is 5.71. The summed E-state index contributed by atoms with van der Waals surface area (Å²) in [6.07, 6.45) is 11.3. The van der Waals surface area contributed by atoms with Crippen molar-refractivity contribution < 1.29 is 33.9 Å². The molecule has 0 radical (unpaired) electrons. The number of aliphatic hydroxyl groups excluding tert-OH is 1. The third kappa shape index (κ3) is 12.2. The molecular weight excluding hydrogens is 642 g/mol. The van der Waals surface area contributed by atoms with E-state index < -0.39 is 59.9 Å². The van der Waals surface area contributed by atoms with Crippen LogP contribution in [0, 0.1) is 5.92 Å². The molecule has 2 saturated heterocycles. The minimum Gasteiger partial charge on any atom is -0.391 e. The quantitative estimate of drug-likeness (QED) is 0.114. The SMILES string of the molecule is CCCNC(=O)[C@@H](NC(=O)[C@@H]1CCCN1C(=O)[C@H](C)NC(=O)[C@@H]1CCCCN1C(=O)[C@H](CCCCN)NC(=O)CCC1CCCCC1)[C@@H](C)O. The van der Waals surface area contributed by atoms with Crippen molar-refractivity contribution in [1.82, 2.24) is 31.1 Å². The maximum Gasteiger partial charge on any atom is 0.245 e. The van der Waals surface area contributed by atoms with Gasteiger partial charge in [0.15, 0.2) is 0 Å². The van der Waals surface area contributed by atoms with Crippen molar-refractivity contribution in [1.29, 1.82) is 0 Å². The number of hydrogen-bond acceptors (Lipinski definition) is 8. The van der Waals surface area contributed by atoms with Gasteiger partial charge in [-0.25, -0.2) is 0 Å². The summed E-state index contributed by atoms with van der Waals surface area (Å²) in [4.78, 5) is 83.1. The molecule has 3 aliphatic rings. The summed E-state index contributed by atoms with van der Waals surface area (Å²) in [5, 5.41) is 21.2. The van der Waals surface area contributed by atoms with Crippen LogP contribution in [0.15, 0.2) is 0 Å². The lowest BCUT2D eigenvalue weighted by Gasteiger charge is -2.38. The minimum absolute atomic E-state index is 0.149. The first kappa shape index (κ1) is 41.2. The van der Waals surface area contributed by atoms with Crippen LogP contribution in [0.3, 0.4) is 0 Å². The Balaban J connectivity index is 1.63. The molecule has 0 spiro atoms. The second-order valence-electron chi connectivity index (χ2n) is 14.4. The average molecular weight is 706 g/mol. The molecular formula is C36H63N7O7. The lowest BCUT2D eigenvalue weighted by atomic mass is 9.86. The molecule has 7 N–H and O–H groups in total. The number of aliphatic hydroxyl groups is 1. The van der Waals surface area contributed by atoms with E-state index in [0.29, 0.717) is 83.5 Å². The van der Waals surface area contributed by atoms with Crippen molar-refractivity contribution in [3.8, 4) is 0 Å².